The molecule has 0 radical (unpaired) electrons. The van der Waals surface area contributed by atoms with Crippen molar-refractivity contribution >= 4 is 21.4 Å². The Morgan fingerprint density at radius 3 is 2.60 bits per heavy atom. The third kappa shape index (κ3) is 1.80. The molecule has 15 heavy (non-hydrogen) atoms. The molecule has 0 aliphatic carbocycles. The van der Waals surface area contributed by atoms with Gasteiger partial charge in [0.2, 0.25) is 0 Å². The Hall–Kier alpha value is -0.860. The minimum absolute atomic E-state index is 0.198. The van der Waals surface area contributed by atoms with Crippen LogP contribution in [0.2, 0.25) is 0 Å². The first kappa shape index (κ1) is 10.7. The summed E-state index contributed by atoms with van der Waals surface area (Å²) in [6, 6.07) is 6.40. The summed E-state index contributed by atoms with van der Waals surface area (Å²) < 4.78 is 1.35. The molecule has 1 nitrogen and oxygen atoms in total. The molecule has 0 saturated carbocycles. The summed E-state index contributed by atoms with van der Waals surface area (Å²) in [4.78, 5) is 0. The minimum Gasteiger partial charge on any atom is -0.326 e. The van der Waals surface area contributed by atoms with Crippen LogP contribution in [-0.2, 0) is 12.0 Å². The second-order valence-corrected chi connectivity index (χ2v) is 5.81. The monoisotopic (exact) mass is 219 g/mol. The Labute approximate surface area is 94.9 Å². The maximum Gasteiger partial charge on any atom is 0.0349 e. The van der Waals surface area contributed by atoms with Gasteiger partial charge in [0.25, 0.3) is 0 Å². The molecule has 2 N–H and O–H groups in total. The minimum atomic E-state index is 0.198. The van der Waals surface area contributed by atoms with Crippen molar-refractivity contribution in [3.8, 4) is 0 Å². The van der Waals surface area contributed by atoms with Gasteiger partial charge in [-0.15, -0.1) is 11.3 Å². The zero-order valence-corrected chi connectivity index (χ0v) is 10.3. The van der Waals surface area contributed by atoms with Gasteiger partial charge in [-0.25, -0.2) is 0 Å². The third-order valence-electron chi connectivity index (χ3n) is 2.71. The fourth-order valence-electron chi connectivity index (χ4n) is 1.88. The lowest BCUT2D eigenvalue weighted by Gasteiger charge is -2.18. The van der Waals surface area contributed by atoms with Crippen LogP contribution in [0.1, 0.15) is 31.9 Å². The van der Waals surface area contributed by atoms with Crippen LogP contribution < -0.4 is 5.73 Å². The summed E-state index contributed by atoms with van der Waals surface area (Å²) in [6.45, 7) is 7.38. The lowest BCUT2D eigenvalue weighted by atomic mass is 9.85. The SMILES string of the molecule is CC(C)(C)c1csc2cccc(CN)c12. The van der Waals surface area contributed by atoms with Gasteiger partial charge in [0.05, 0.1) is 0 Å². The van der Waals surface area contributed by atoms with E-state index in [9.17, 15) is 0 Å². The Bertz CT molecular complexity index is 477. The maximum absolute atomic E-state index is 5.79. The molecule has 1 heterocycles. The highest BCUT2D eigenvalue weighted by atomic mass is 32.1. The Kier molecular flexibility index (Phi) is 2.57. The second-order valence-electron chi connectivity index (χ2n) is 4.89. The smallest absolute Gasteiger partial charge is 0.0349 e. The van der Waals surface area contributed by atoms with Crippen LogP contribution in [0.25, 0.3) is 10.1 Å². The van der Waals surface area contributed by atoms with E-state index in [1.54, 1.807) is 0 Å². The molecule has 0 aliphatic rings. The number of fused-ring (bicyclic) bond motifs is 1. The standard InChI is InChI=1S/C13H17NS/c1-13(2,3)10-8-15-11-6-4-5-9(7-14)12(10)11/h4-6,8H,7,14H2,1-3H3. The van der Waals surface area contributed by atoms with E-state index < -0.39 is 0 Å². The van der Waals surface area contributed by atoms with E-state index >= 15 is 0 Å². The van der Waals surface area contributed by atoms with E-state index in [0.717, 1.165) is 0 Å². The van der Waals surface area contributed by atoms with Crippen molar-refractivity contribution in [2.45, 2.75) is 32.7 Å². The molecule has 0 spiro atoms. The molecule has 2 aromatic rings. The van der Waals surface area contributed by atoms with Gasteiger partial charge in [0, 0.05) is 16.6 Å². The molecular formula is C13H17NS. The van der Waals surface area contributed by atoms with E-state index in [4.69, 9.17) is 5.73 Å². The molecule has 0 fully saturated rings. The van der Waals surface area contributed by atoms with Crippen LogP contribution >= 0.6 is 11.3 Å². The number of benzene rings is 1. The number of rotatable bonds is 1. The quantitative estimate of drug-likeness (QED) is 0.778. The van der Waals surface area contributed by atoms with Crippen LogP contribution in [0.3, 0.4) is 0 Å². The van der Waals surface area contributed by atoms with Gasteiger partial charge < -0.3 is 5.73 Å². The van der Waals surface area contributed by atoms with Crippen molar-refractivity contribution in [2.75, 3.05) is 0 Å². The van der Waals surface area contributed by atoms with E-state index in [2.05, 4.69) is 44.4 Å². The summed E-state index contributed by atoms with van der Waals surface area (Å²) in [7, 11) is 0. The maximum atomic E-state index is 5.79. The highest BCUT2D eigenvalue weighted by Gasteiger charge is 2.19. The van der Waals surface area contributed by atoms with Crippen LogP contribution in [0, 0.1) is 0 Å². The van der Waals surface area contributed by atoms with Crippen molar-refractivity contribution in [1.29, 1.82) is 0 Å². The topological polar surface area (TPSA) is 26.0 Å². The van der Waals surface area contributed by atoms with Gasteiger partial charge >= 0.3 is 0 Å². The number of nitrogens with two attached hydrogens (primary N) is 1. The van der Waals surface area contributed by atoms with E-state index in [0.29, 0.717) is 6.54 Å². The normalized spacial score (nSPS) is 12.3. The Morgan fingerprint density at radius 2 is 2.00 bits per heavy atom. The van der Waals surface area contributed by atoms with Crippen molar-refractivity contribution < 1.29 is 0 Å². The van der Waals surface area contributed by atoms with Crippen molar-refractivity contribution in [2.24, 2.45) is 5.73 Å². The molecular weight excluding hydrogens is 202 g/mol. The molecule has 0 unspecified atom stereocenters. The largest absolute Gasteiger partial charge is 0.326 e. The summed E-state index contributed by atoms with van der Waals surface area (Å²) in [5.74, 6) is 0. The van der Waals surface area contributed by atoms with E-state index in [1.807, 2.05) is 11.3 Å². The van der Waals surface area contributed by atoms with Gasteiger partial charge in [-0.05, 0) is 28.0 Å². The molecule has 1 aromatic carbocycles. The molecule has 1 aromatic heterocycles. The highest BCUT2D eigenvalue weighted by molar-refractivity contribution is 7.17. The number of thiophene rings is 1. The van der Waals surface area contributed by atoms with Gasteiger partial charge in [-0.2, -0.15) is 0 Å². The molecule has 2 rings (SSSR count). The van der Waals surface area contributed by atoms with Crippen molar-refractivity contribution in [1.82, 2.24) is 0 Å². The summed E-state index contributed by atoms with van der Waals surface area (Å²) in [6.07, 6.45) is 0. The van der Waals surface area contributed by atoms with Crippen LogP contribution in [0.4, 0.5) is 0 Å². The number of hydrogen-bond acceptors (Lipinski definition) is 2. The zero-order chi connectivity index (χ0) is 11.1. The molecule has 2 heteroatoms. The van der Waals surface area contributed by atoms with Gasteiger partial charge in [-0.3, -0.25) is 0 Å². The predicted molar refractivity (Wildman–Crippen MR) is 68.4 cm³/mol. The van der Waals surface area contributed by atoms with Crippen LogP contribution in [0.15, 0.2) is 23.6 Å². The molecule has 80 valence electrons. The molecule has 0 saturated heterocycles. The van der Waals surface area contributed by atoms with Gasteiger partial charge in [0.1, 0.15) is 0 Å². The fourth-order valence-corrected chi connectivity index (χ4v) is 3.12. The lowest BCUT2D eigenvalue weighted by Crippen LogP contribution is -2.11. The average Bonchev–Trinajstić information content (AvgIpc) is 2.59. The van der Waals surface area contributed by atoms with Crippen molar-refractivity contribution in [3.05, 3.63) is 34.7 Å². The first-order valence-electron chi connectivity index (χ1n) is 5.23. The molecule has 0 amide bonds. The van der Waals surface area contributed by atoms with Crippen molar-refractivity contribution in [3.63, 3.8) is 0 Å². The zero-order valence-electron chi connectivity index (χ0n) is 9.50. The summed E-state index contributed by atoms with van der Waals surface area (Å²) in [5.41, 5.74) is 8.67. The Morgan fingerprint density at radius 1 is 1.27 bits per heavy atom. The molecule has 0 bridgehead atoms. The van der Waals surface area contributed by atoms with E-state index in [1.165, 1.54) is 21.2 Å². The first-order valence-corrected chi connectivity index (χ1v) is 6.11. The number of hydrogen-bond donors (Lipinski definition) is 1. The average molecular weight is 219 g/mol. The molecule has 0 aliphatic heterocycles. The summed E-state index contributed by atoms with van der Waals surface area (Å²) >= 11 is 1.81. The fraction of sp³-hybridized carbons (Fsp3) is 0.385. The predicted octanol–water partition coefficient (Wildman–Crippen LogP) is 3.66. The van der Waals surface area contributed by atoms with Crippen LogP contribution in [0.5, 0.6) is 0 Å². The summed E-state index contributed by atoms with van der Waals surface area (Å²) in [5, 5.41) is 3.64. The lowest BCUT2D eigenvalue weighted by molar-refractivity contribution is 0.597. The van der Waals surface area contributed by atoms with Gasteiger partial charge in [-0.1, -0.05) is 32.9 Å². The second kappa shape index (κ2) is 3.62. The van der Waals surface area contributed by atoms with E-state index in [-0.39, 0.29) is 5.41 Å². The molecule has 0 atom stereocenters. The van der Waals surface area contributed by atoms with Gasteiger partial charge in [0.15, 0.2) is 0 Å². The highest BCUT2D eigenvalue weighted by Crippen LogP contribution is 2.36. The Balaban J connectivity index is 2.77. The van der Waals surface area contributed by atoms with Crippen LogP contribution in [-0.4, -0.2) is 0 Å². The third-order valence-corrected chi connectivity index (χ3v) is 3.66. The first-order chi connectivity index (χ1) is 7.04.